The number of nitrogens with zero attached hydrogens (tertiary/aromatic N) is 2. The SMILES string of the molecule is COc1cc2c(cc1OC)-c1c(c(C(=O)NCCc3c[nH]c4ccccc34)nn1C)C2. The molecule has 0 unspecified atom stereocenters. The van der Waals surface area contributed by atoms with E-state index >= 15 is 0 Å². The molecule has 0 aliphatic heterocycles. The second-order valence-electron chi connectivity index (χ2n) is 7.71. The number of para-hydroxylation sites is 1. The number of amides is 1. The molecule has 2 aromatic heterocycles. The number of carbonyl (C=O) groups is 1. The molecule has 7 nitrogen and oxygen atoms in total. The lowest BCUT2D eigenvalue weighted by Gasteiger charge is -2.11. The van der Waals surface area contributed by atoms with E-state index in [1.165, 1.54) is 10.9 Å². The van der Waals surface area contributed by atoms with Crippen molar-refractivity contribution in [3.05, 3.63) is 65.0 Å². The number of nitrogens with one attached hydrogen (secondary N) is 2. The van der Waals surface area contributed by atoms with Crippen molar-refractivity contribution in [2.24, 2.45) is 7.05 Å². The highest BCUT2D eigenvalue weighted by Crippen LogP contribution is 2.43. The van der Waals surface area contributed by atoms with Crippen molar-refractivity contribution in [2.45, 2.75) is 12.8 Å². The Balaban J connectivity index is 1.35. The second kappa shape index (κ2) is 7.50. The number of aromatic amines is 1. The summed E-state index contributed by atoms with van der Waals surface area (Å²) in [5.41, 5.74) is 6.80. The maximum atomic E-state index is 13.0. The molecule has 1 aliphatic rings. The standard InChI is InChI=1S/C24H24N4O3/c1-28-23-17-12-21(31-3)20(30-2)11-15(17)10-18(23)22(27-28)24(29)25-9-8-14-13-26-19-7-5-4-6-16(14)19/h4-7,11-13,26H,8-10H2,1-3H3,(H,25,29). The van der Waals surface area contributed by atoms with Gasteiger partial charge in [0.2, 0.25) is 0 Å². The first-order chi connectivity index (χ1) is 15.1. The first kappa shape index (κ1) is 19.2. The quantitative estimate of drug-likeness (QED) is 0.444. The largest absolute Gasteiger partial charge is 0.493 e. The second-order valence-corrected chi connectivity index (χ2v) is 7.71. The minimum Gasteiger partial charge on any atom is -0.493 e. The van der Waals surface area contributed by atoms with Gasteiger partial charge in [-0.1, -0.05) is 18.2 Å². The van der Waals surface area contributed by atoms with Crippen molar-refractivity contribution in [3.63, 3.8) is 0 Å². The molecule has 0 bridgehead atoms. The molecule has 0 saturated heterocycles. The van der Waals surface area contributed by atoms with Crippen molar-refractivity contribution in [1.29, 1.82) is 0 Å². The van der Waals surface area contributed by atoms with E-state index in [0.29, 0.717) is 30.2 Å². The number of carbonyl (C=O) groups excluding carboxylic acids is 1. The van der Waals surface area contributed by atoms with Crippen LogP contribution in [0.15, 0.2) is 42.6 Å². The molecule has 0 fully saturated rings. The van der Waals surface area contributed by atoms with Crippen LogP contribution in [0.5, 0.6) is 11.5 Å². The third-order valence-electron chi connectivity index (χ3n) is 5.95. The summed E-state index contributed by atoms with van der Waals surface area (Å²) in [7, 11) is 5.11. The van der Waals surface area contributed by atoms with Gasteiger partial charge < -0.3 is 19.8 Å². The Kier molecular flexibility index (Phi) is 4.66. The average Bonchev–Trinajstić information content (AvgIpc) is 3.45. The van der Waals surface area contributed by atoms with Gasteiger partial charge in [-0.25, -0.2) is 0 Å². The van der Waals surface area contributed by atoms with Crippen LogP contribution in [0.4, 0.5) is 0 Å². The number of aromatic nitrogens is 3. The van der Waals surface area contributed by atoms with E-state index in [4.69, 9.17) is 9.47 Å². The van der Waals surface area contributed by atoms with Crippen LogP contribution in [0.1, 0.15) is 27.2 Å². The Bertz CT molecular complexity index is 1300. The Morgan fingerprint density at radius 1 is 1.19 bits per heavy atom. The highest BCUT2D eigenvalue weighted by Gasteiger charge is 2.30. The first-order valence-electron chi connectivity index (χ1n) is 10.2. The lowest BCUT2D eigenvalue weighted by Crippen LogP contribution is -2.27. The molecule has 1 aliphatic carbocycles. The molecule has 0 atom stereocenters. The number of H-pyrrole nitrogens is 1. The van der Waals surface area contributed by atoms with E-state index in [-0.39, 0.29) is 5.91 Å². The number of hydrogen-bond acceptors (Lipinski definition) is 4. The predicted octanol–water partition coefficient (Wildman–Crippen LogP) is 3.46. The summed E-state index contributed by atoms with van der Waals surface area (Å²) in [6, 6.07) is 12.1. The molecule has 0 spiro atoms. The highest BCUT2D eigenvalue weighted by atomic mass is 16.5. The summed E-state index contributed by atoms with van der Waals surface area (Å²) < 4.78 is 12.7. The van der Waals surface area contributed by atoms with Crippen LogP contribution in [0, 0.1) is 0 Å². The van der Waals surface area contributed by atoms with Gasteiger partial charge in [0, 0.05) is 48.2 Å². The van der Waals surface area contributed by atoms with Gasteiger partial charge in [0.1, 0.15) is 0 Å². The van der Waals surface area contributed by atoms with E-state index in [1.807, 2.05) is 37.5 Å². The van der Waals surface area contributed by atoms with Crippen molar-refractivity contribution in [1.82, 2.24) is 20.1 Å². The number of rotatable bonds is 6. The zero-order chi connectivity index (χ0) is 21.5. The molecule has 2 aromatic carbocycles. The molecular formula is C24H24N4O3. The van der Waals surface area contributed by atoms with E-state index in [1.54, 1.807) is 18.9 Å². The van der Waals surface area contributed by atoms with Gasteiger partial charge in [-0.05, 0) is 35.7 Å². The topological polar surface area (TPSA) is 81.2 Å². The maximum absolute atomic E-state index is 13.0. The first-order valence-corrected chi connectivity index (χ1v) is 10.2. The Morgan fingerprint density at radius 3 is 2.77 bits per heavy atom. The summed E-state index contributed by atoms with van der Waals surface area (Å²) >= 11 is 0. The van der Waals surface area contributed by atoms with Crippen LogP contribution in [0.2, 0.25) is 0 Å². The minimum atomic E-state index is -0.150. The van der Waals surface area contributed by atoms with Gasteiger partial charge in [-0.3, -0.25) is 9.48 Å². The molecule has 158 valence electrons. The van der Waals surface area contributed by atoms with Gasteiger partial charge in [-0.2, -0.15) is 5.10 Å². The molecule has 2 heterocycles. The molecule has 7 heteroatoms. The van der Waals surface area contributed by atoms with Crippen LogP contribution >= 0.6 is 0 Å². The lowest BCUT2D eigenvalue weighted by molar-refractivity contribution is 0.0947. The number of hydrogen-bond donors (Lipinski definition) is 2. The fourth-order valence-corrected chi connectivity index (χ4v) is 4.47. The van der Waals surface area contributed by atoms with E-state index in [0.717, 1.165) is 34.3 Å². The highest BCUT2D eigenvalue weighted by molar-refractivity contribution is 5.97. The predicted molar refractivity (Wildman–Crippen MR) is 119 cm³/mol. The lowest BCUT2D eigenvalue weighted by atomic mass is 10.1. The normalized spacial score (nSPS) is 12.0. The fraction of sp³-hybridized carbons (Fsp3) is 0.250. The van der Waals surface area contributed by atoms with Crippen LogP contribution in [-0.4, -0.2) is 41.4 Å². The number of methoxy groups -OCH3 is 2. The molecule has 2 N–H and O–H groups in total. The van der Waals surface area contributed by atoms with Crippen molar-refractivity contribution in [3.8, 4) is 22.8 Å². The van der Waals surface area contributed by atoms with Gasteiger partial charge in [0.15, 0.2) is 17.2 Å². The zero-order valence-corrected chi connectivity index (χ0v) is 17.8. The maximum Gasteiger partial charge on any atom is 0.272 e. The van der Waals surface area contributed by atoms with Gasteiger partial charge in [-0.15, -0.1) is 0 Å². The molecule has 0 saturated carbocycles. The Labute approximate surface area is 180 Å². The van der Waals surface area contributed by atoms with E-state index in [2.05, 4.69) is 27.5 Å². The van der Waals surface area contributed by atoms with Crippen molar-refractivity contribution >= 4 is 16.8 Å². The Morgan fingerprint density at radius 2 is 1.97 bits per heavy atom. The Hall–Kier alpha value is -3.74. The molecule has 5 rings (SSSR count). The van der Waals surface area contributed by atoms with E-state index in [9.17, 15) is 4.79 Å². The van der Waals surface area contributed by atoms with Crippen LogP contribution in [0.25, 0.3) is 22.2 Å². The molecule has 1 amide bonds. The van der Waals surface area contributed by atoms with Crippen molar-refractivity contribution in [2.75, 3.05) is 20.8 Å². The van der Waals surface area contributed by atoms with Gasteiger partial charge in [0.05, 0.1) is 19.9 Å². The monoisotopic (exact) mass is 416 g/mol. The summed E-state index contributed by atoms with van der Waals surface area (Å²) in [6.45, 7) is 0.542. The summed E-state index contributed by atoms with van der Waals surface area (Å²) in [5.74, 6) is 1.20. The minimum absolute atomic E-state index is 0.150. The third-order valence-corrected chi connectivity index (χ3v) is 5.95. The smallest absolute Gasteiger partial charge is 0.272 e. The van der Waals surface area contributed by atoms with Gasteiger partial charge in [0.25, 0.3) is 5.91 Å². The summed E-state index contributed by atoms with van der Waals surface area (Å²) in [4.78, 5) is 16.2. The van der Waals surface area contributed by atoms with Crippen LogP contribution in [0.3, 0.4) is 0 Å². The number of fused-ring (bicyclic) bond motifs is 4. The molecule has 0 radical (unpaired) electrons. The van der Waals surface area contributed by atoms with Crippen LogP contribution < -0.4 is 14.8 Å². The third kappa shape index (κ3) is 3.13. The average molecular weight is 416 g/mol. The van der Waals surface area contributed by atoms with Gasteiger partial charge >= 0.3 is 0 Å². The molecular weight excluding hydrogens is 392 g/mol. The number of aryl methyl sites for hydroxylation is 1. The number of ether oxygens (including phenoxy) is 2. The number of benzene rings is 2. The van der Waals surface area contributed by atoms with Crippen LogP contribution in [-0.2, 0) is 19.9 Å². The molecule has 31 heavy (non-hydrogen) atoms. The molecule has 4 aromatic rings. The zero-order valence-electron chi connectivity index (χ0n) is 17.8. The fourth-order valence-electron chi connectivity index (χ4n) is 4.47. The summed E-state index contributed by atoms with van der Waals surface area (Å²) in [6.07, 6.45) is 3.40. The van der Waals surface area contributed by atoms with E-state index < -0.39 is 0 Å². The van der Waals surface area contributed by atoms with Crippen molar-refractivity contribution < 1.29 is 14.3 Å². The summed E-state index contributed by atoms with van der Waals surface area (Å²) in [5, 5.41) is 8.75.